The second-order valence-electron chi connectivity index (χ2n) is 3.89. The van der Waals surface area contributed by atoms with Gasteiger partial charge in [0.1, 0.15) is 0 Å². The molecule has 0 aromatic heterocycles. The molecule has 14 heavy (non-hydrogen) atoms. The summed E-state index contributed by atoms with van der Waals surface area (Å²) in [4.78, 5) is 2.02. The van der Waals surface area contributed by atoms with E-state index in [9.17, 15) is 5.11 Å². The Morgan fingerprint density at radius 2 is 1.93 bits per heavy atom. The van der Waals surface area contributed by atoms with E-state index in [0.29, 0.717) is 0 Å². The Morgan fingerprint density at radius 3 is 2.64 bits per heavy atom. The highest BCUT2D eigenvalue weighted by Crippen LogP contribution is 2.29. The maximum absolute atomic E-state index is 10.1. The van der Waals surface area contributed by atoms with Gasteiger partial charge in [-0.25, -0.2) is 0 Å². The van der Waals surface area contributed by atoms with Crippen molar-refractivity contribution < 1.29 is 5.11 Å². The first-order valence-electron chi connectivity index (χ1n) is 4.82. The lowest BCUT2D eigenvalue weighted by Crippen LogP contribution is -2.33. The van der Waals surface area contributed by atoms with Gasteiger partial charge in [0.15, 0.2) is 0 Å². The van der Waals surface area contributed by atoms with Crippen molar-refractivity contribution in [3.8, 4) is 0 Å². The molecule has 0 aliphatic heterocycles. The number of hydrogen-bond acceptors (Lipinski definition) is 2. The Balaban J connectivity index is 2.40. The third-order valence-electron chi connectivity index (χ3n) is 2.71. The van der Waals surface area contributed by atoms with Crippen molar-refractivity contribution in [2.24, 2.45) is 0 Å². The molecular formula is C12H15NO. The summed E-state index contributed by atoms with van der Waals surface area (Å²) < 4.78 is 0. The zero-order chi connectivity index (χ0) is 10.1. The van der Waals surface area contributed by atoms with E-state index in [2.05, 4.69) is 6.08 Å². The summed E-state index contributed by atoms with van der Waals surface area (Å²) in [6, 6.07) is 8.06. The first kappa shape index (κ1) is 9.44. The van der Waals surface area contributed by atoms with E-state index in [0.717, 1.165) is 11.1 Å². The molecule has 0 spiro atoms. The van der Waals surface area contributed by atoms with Gasteiger partial charge in [0.05, 0.1) is 12.1 Å². The van der Waals surface area contributed by atoms with E-state index in [-0.39, 0.29) is 6.04 Å². The fraction of sp³-hybridized carbons (Fsp3) is 0.333. The van der Waals surface area contributed by atoms with Crippen LogP contribution >= 0.6 is 0 Å². The van der Waals surface area contributed by atoms with Gasteiger partial charge in [-0.15, -0.1) is 0 Å². The van der Waals surface area contributed by atoms with E-state index in [1.165, 1.54) is 0 Å². The number of fused-ring (bicyclic) bond motifs is 1. The lowest BCUT2D eigenvalue weighted by Gasteiger charge is -2.30. The van der Waals surface area contributed by atoms with Crippen molar-refractivity contribution in [2.45, 2.75) is 12.1 Å². The molecule has 2 heteroatoms. The molecule has 2 rings (SSSR count). The summed E-state index contributed by atoms with van der Waals surface area (Å²) in [5.74, 6) is 0. The normalized spacial score (nSPS) is 25.1. The minimum absolute atomic E-state index is 0.0879. The molecule has 1 aliphatic rings. The van der Waals surface area contributed by atoms with Crippen LogP contribution in [0.1, 0.15) is 17.2 Å². The van der Waals surface area contributed by atoms with Crippen LogP contribution in [-0.4, -0.2) is 30.1 Å². The summed E-state index contributed by atoms with van der Waals surface area (Å²) in [7, 11) is 3.96. The van der Waals surface area contributed by atoms with Gasteiger partial charge < -0.3 is 10.0 Å². The Bertz CT molecular complexity index is 357. The van der Waals surface area contributed by atoms with E-state index in [4.69, 9.17) is 0 Å². The van der Waals surface area contributed by atoms with Crippen LogP contribution in [0.25, 0.3) is 6.08 Å². The number of likely N-dealkylation sites (N-methyl/N-ethyl adjacent to an activating group) is 1. The standard InChI is InChI=1S/C12H15NO/c1-13(2)11-8-7-9-5-3-4-6-10(9)12(11)14/h3-8,11-12,14H,1-2H3/t11-,12-/m1/s1. The average Bonchev–Trinajstić information content (AvgIpc) is 2.18. The quantitative estimate of drug-likeness (QED) is 0.726. The molecule has 1 aromatic rings. The Hall–Kier alpha value is -1.12. The molecule has 2 atom stereocenters. The highest BCUT2D eigenvalue weighted by atomic mass is 16.3. The Kier molecular flexibility index (Phi) is 2.40. The number of hydrogen-bond donors (Lipinski definition) is 1. The van der Waals surface area contributed by atoms with E-state index < -0.39 is 6.10 Å². The minimum Gasteiger partial charge on any atom is -0.386 e. The Labute approximate surface area is 84.5 Å². The third-order valence-corrected chi connectivity index (χ3v) is 2.71. The number of aliphatic hydroxyl groups is 1. The molecule has 0 radical (unpaired) electrons. The summed E-state index contributed by atoms with van der Waals surface area (Å²) in [6.07, 6.45) is 3.71. The summed E-state index contributed by atoms with van der Waals surface area (Å²) in [5, 5.41) is 10.1. The van der Waals surface area contributed by atoms with Crippen LogP contribution in [0.2, 0.25) is 0 Å². The lowest BCUT2D eigenvalue weighted by molar-refractivity contribution is 0.0993. The summed E-state index contributed by atoms with van der Waals surface area (Å²) in [6.45, 7) is 0. The van der Waals surface area contributed by atoms with Crippen molar-refractivity contribution in [2.75, 3.05) is 14.1 Å². The second-order valence-corrected chi connectivity index (χ2v) is 3.89. The fourth-order valence-corrected chi connectivity index (χ4v) is 1.88. The summed E-state index contributed by atoms with van der Waals surface area (Å²) >= 11 is 0. The largest absolute Gasteiger partial charge is 0.386 e. The molecule has 0 saturated heterocycles. The first-order chi connectivity index (χ1) is 6.70. The topological polar surface area (TPSA) is 23.5 Å². The van der Waals surface area contributed by atoms with Crippen LogP contribution in [0.3, 0.4) is 0 Å². The van der Waals surface area contributed by atoms with Crippen LogP contribution in [0.5, 0.6) is 0 Å². The highest BCUT2D eigenvalue weighted by Gasteiger charge is 2.24. The molecule has 0 amide bonds. The molecule has 1 N–H and O–H groups in total. The van der Waals surface area contributed by atoms with Crippen molar-refractivity contribution in [3.63, 3.8) is 0 Å². The summed E-state index contributed by atoms with van der Waals surface area (Å²) in [5.41, 5.74) is 2.15. The van der Waals surface area contributed by atoms with Crippen molar-refractivity contribution in [3.05, 3.63) is 41.5 Å². The predicted molar refractivity (Wildman–Crippen MR) is 57.9 cm³/mol. The smallest absolute Gasteiger partial charge is 0.0986 e. The van der Waals surface area contributed by atoms with E-state index >= 15 is 0 Å². The molecule has 74 valence electrons. The molecule has 0 unspecified atom stereocenters. The van der Waals surface area contributed by atoms with Crippen molar-refractivity contribution in [1.82, 2.24) is 4.90 Å². The predicted octanol–water partition coefficient (Wildman–Crippen LogP) is 1.68. The molecule has 1 aromatic carbocycles. The number of rotatable bonds is 1. The maximum Gasteiger partial charge on any atom is 0.0986 e. The van der Waals surface area contributed by atoms with Gasteiger partial charge in [-0.1, -0.05) is 36.4 Å². The maximum atomic E-state index is 10.1. The zero-order valence-corrected chi connectivity index (χ0v) is 8.51. The zero-order valence-electron chi connectivity index (χ0n) is 8.51. The van der Waals surface area contributed by atoms with Crippen LogP contribution in [-0.2, 0) is 0 Å². The molecule has 0 saturated carbocycles. The molecule has 0 fully saturated rings. The van der Waals surface area contributed by atoms with Gasteiger partial charge in [0.25, 0.3) is 0 Å². The van der Waals surface area contributed by atoms with Crippen LogP contribution in [0.4, 0.5) is 0 Å². The van der Waals surface area contributed by atoms with Crippen LogP contribution in [0.15, 0.2) is 30.3 Å². The molecule has 2 nitrogen and oxygen atoms in total. The van der Waals surface area contributed by atoms with Gasteiger partial charge in [0.2, 0.25) is 0 Å². The second kappa shape index (κ2) is 3.56. The SMILES string of the molecule is CN(C)[C@@H]1C=Cc2ccccc2[C@H]1O. The van der Waals surface area contributed by atoms with Gasteiger partial charge in [-0.05, 0) is 25.2 Å². The fourth-order valence-electron chi connectivity index (χ4n) is 1.88. The third kappa shape index (κ3) is 1.47. The number of aliphatic hydroxyl groups excluding tert-OH is 1. The van der Waals surface area contributed by atoms with Crippen molar-refractivity contribution in [1.29, 1.82) is 0 Å². The molecular weight excluding hydrogens is 174 g/mol. The molecule has 1 aliphatic carbocycles. The van der Waals surface area contributed by atoms with Crippen LogP contribution < -0.4 is 0 Å². The van der Waals surface area contributed by atoms with Gasteiger partial charge in [0, 0.05) is 0 Å². The highest BCUT2D eigenvalue weighted by molar-refractivity contribution is 5.58. The van der Waals surface area contributed by atoms with E-state index in [1.807, 2.05) is 49.3 Å². The molecule has 0 bridgehead atoms. The van der Waals surface area contributed by atoms with Gasteiger partial charge >= 0.3 is 0 Å². The first-order valence-corrected chi connectivity index (χ1v) is 4.82. The monoisotopic (exact) mass is 189 g/mol. The Morgan fingerprint density at radius 1 is 1.21 bits per heavy atom. The average molecular weight is 189 g/mol. The molecule has 0 heterocycles. The van der Waals surface area contributed by atoms with Crippen LogP contribution in [0, 0.1) is 0 Å². The number of benzene rings is 1. The van der Waals surface area contributed by atoms with Gasteiger partial charge in [-0.3, -0.25) is 0 Å². The number of nitrogens with zero attached hydrogens (tertiary/aromatic N) is 1. The van der Waals surface area contributed by atoms with Crippen molar-refractivity contribution >= 4 is 6.08 Å². The van der Waals surface area contributed by atoms with Gasteiger partial charge in [-0.2, -0.15) is 0 Å². The van der Waals surface area contributed by atoms with E-state index in [1.54, 1.807) is 0 Å². The lowest BCUT2D eigenvalue weighted by atomic mass is 9.91. The minimum atomic E-state index is -0.411.